The Morgan fingerprint density at radius 2 is 2.04 bits per heavy atom. The number of nitrogens with zero attached hydrogens (tertiary/aromatic N) is 5. The Labute approximate surface area is 147 Å². The second-order valence-electron chi connectivity index (χ2n) is 6.11. The van der Waals surface area contributed by atoms with E-state index in [-0.39, 0.29) is 5.91 Å². The zero-order valence-corrected chi connectivity index (χ0v) is 15.0. The Morgan fingerprint density at radius 3 is 2.80 bits per heavy atom. The molecule has 7 heteroatoms. The molecule has 7 nitrogen and oxygen atoms in total. The van der Waals surface area contributed by atoms with E-state index in [0.717, 1.165) is 35.8 Å². The lowest BCUT2D eigenvalue weighted by molar-refractivity contribution is -0.121. The van der Waals surface area contributed by atoms with E-state index in [9.17, 15) is 4.79 Å². The van der Waals surface area contributed by atoms with Crippen molar-refractivity contribution in [2.75, 3.05) is 6.54 Å². The van der Waals surface area contributed by atoms with Crippen molar-refractivity contribution in [3.8, 4) is 0 Å². The van der Waals surface area contributed by atoms with E-state index in [0.29, 0.717) is 19.4 Å². The van der Waals surface area contributed by atoms with Crippen molar-refractivity contribution in [3.63, 3.8) is 0 Å². The number of hydrogen-bond donors (Lipinski definition) is 1. The van der Waals surface area contributed by atoms with Gasteiger partial charge in [-0.15, -0.1) is 10.2 Å². The number of carbonyl (C=O) groups excluding carboxylic acids is 1. The standard InChI is InChI=1S/C18H24N6O/c1-4-24-14(3)15(13(2)22-24)8-9-18(25)19-11-10-17-21-20-16-7-5-6-12-23(16)17/h5-7,12H,4,8-11H2,1-3H3,(H,19,25). The summed E-state index contributed by atoms with van der Waals surface area (Å²) in [5.74, 6) is 0.906. The van der Waals surface area contributed by atoms with Gasteiger partial charge < -0.3 is 5.32 Å². The van der Waals surface area contributed by atoms with E-state index in [4.69, 9.17) is 0 Å². The average molecular weight is 340 g/mol. The van der Waals surface area contributed by atoms with Gasteiger partial charge in [0.1, 0.15) is 5.82 Å². The number of nitrogens with one attached hydrogen (secondary N) is 1. The summed E-state index contributed by atoms with van der Waals surface area (Å²) in [6.07, 6.45) is 3.78. The van der Waals surface area contributed by atoms with Crippen molar-refractivity contribution in [1.29, 1.82) is 0 Å². The normalized spacial score (nSPS) is 11.2. The maximum Gasteiger partial charge on any atom is 0.220 e. The summed E-state index contributed by atoms with van der Waals surface area (Å²) in [5.41, 5.74) is 4.17. The quantitative estimate of drug-likeness (QED) is 0.712. The van der Waals surface area contributed by atoms with Gasteiger partial charge in [0.05, 0.1) is 5.69 Å². The van der Waals surface area contributed by atoms with Crippen LogP contribution in [0.3, 0.4) is 0 Å². The molecule has 25 heavy (non-hydrogen) atoms. The Bertz CT molecular complexity index is 879. The predicted molar refractivity (Wildman–Crippen MR) is 95.4 cm³/mol. The summed E-state index contributed by atoms with van der Waals surface area (Å²) in [6.45, 7) is 7.55. The highest BCUT2D eigenvalue weighted by molar-refractivity contribution is 5.76. The van der Waals surface area contributed by atoms with Crippen LogP contribution in [-0.4, -0.2) is 36.8 Å². The molecule has 0 unspecified atom stereocenters. The van der Waals surface area contributed by atoms with Crippen LogP contribution in [-0.2, 0) is 24.2 Å². The van der Waals surface area contributed by atoms with Gasteiger partial charge in [0.25, 0.3) is 0 Å². The van der Waals surface area contributed by atoms with Crippen LogP contribution in [0.4, 0.5) is 0 Å². The Morgan fingerprint density at radius 1 is 1.20 bits per heavy atom. The molecule has 3 aromatic rings. The molecule has 0 radical (unpaired) electrons. The molecule has 0 atom stereocenters. The molecule has 0 aliphatic carbocycles. The van der Waals surface area contributed by atoms with E-state index >= 15 is 0 Å². The van der Waals surface area contributed by atoms with Crippen LogP contribution >= 0.6 is 0 Å². The zero-order chi connectivity index (χ0) is 17.8. The van der Waals surface area contributed by atoms with Crippen molar-refractivity contribution in [2.24, 2.45) is 0 Å². The molecule has 0 saturated heterocycles. The van der Waals surface area contributed by atoms with Gasteiger partial charge in [-0.25, -0.2) is 0 Å². The zero-order valence-electron chi connectivity index (χ0n) is 15.0. The Balaban J connectivity index is 1.49. The van der Waals surface area contributed by atoms with E-state index in [1.807, 2.05) is 40.4 Å². The molecule has 0 fully saturated rings. The van der Waals surface area contributed by atoms with Gasteiger partial charge in [-0.2, -0.15) is 5.10 Å². The highest BCUT2D eigenvalue weighted by Gasteiger charge is 2.12. The van der Waals surface area contributed by atoms with Crippen molar-refractivity contribution in [3.05, 3.63) is 47.2 Å². The van der Waals surface area contributed by atoms with Crippen molar-refractivity contribution < 1.29 is 4.79 Å². The third-order valence-electron chi connectivity index (χ3n) is 4.49. The Kier molecular flexibility index (Phi) is 5.11. The average Bonchev–Trinajstić information content (AvgIpc) is 3.14. The summed E-state index contributed by atoms with van der Waals surface area (Å²) in [4.78, 5) is 12.1. The minimum Gasteiger partial charge on any atom is -0.356 e. The summed E-state index contributed by atoms with van der Waals surface area (Å²) >= 11 is 0. The summed E-state index contributed by atoms with van der Waals surface area (Å²) in [7, 11) is 0. The number of pyridine rings is 1. The molecule has 0 aromatic carbocycles. The minimum atomic E-state index is 0.0527. The van der Waals surface area contributed by atoms with Crippen molar-refractivity contribution >= 4 is 11.6 Å². The fraction of sp³-hybridized carbons (Fsp3) is 0.444. The van der Waals surface area contributed by atoms with Crippen LogP contribution in [0.2, 0.25) is 0 Å². The molecule has 1 N–H and O–H groups in total. The number of carbonyl (C=O) groups is 1. The monoisotopic (exact) mass is 340 g/mol. The maximum atomic E-state index is 12.1. The summed E-state index contributed by atoms with van der Waals surface area (Å²) in [6, 6.07) is 5.79. The second kappa shape index (κ2) is 7.46. The van der Waals surface area contributed by atoms with Gasteiger partial charge in [-0.3, -0.25) is 13.9 Å². The van der Waals surface area contributed by atoms with Gasteiger partial charge in [0, 0.05) is 37.8 Å². The first-order chi connectivity index (χ1) is 12.1. The number of rotatable bonds is 7. The number of hydrogen-bond acceptors (Lipinski definition) is 4. The van der Waals surface area contributed by atoms with Gasteiger partial charge in [0.2, 0.25) is 5.91 Å². The molecule has 132 valence electrons. The van der Waals surface area contributed by atoms with Crippen LogP contribution in [0.5, 0.6) is 0 Å². The first-order valence-corrected chi connectivity index (χ1v) is 8.68. The van der Waals surface area contributed by atoms with Crippen LogP contribution in [0, 0.1) is 13.8 Å². The molecular formula is C18H24N6O. The number of aryl methyl sites for hydroxylation is 2. The smallest absolute Gasteiger partial charge is 0.220 e. The largest absolute Gasteiger partial charge is 0.356 e. The summed E-state index contributed by atoms with van der Waals surface area (Å²) in [5, 5.41) is 15.8. The Hall–Kier alpha value is -2.70. The predicted octanol–water partition coefficient (Wildman–Crippen LogP) is 1.85. The van der Waals surface area contributed by atoms with E-state index in [1.54, 1.807) is 0 Å². The first kappa shape index (κ1) is 17.1. The molecule has 0 saturated carbocycles. The molecular weight excluding hydrogens is 316 g/mol. The van der Waals surface area contributed by atoms with Gasteiger partial charge in [-0.1, -0.05) is 6.07 Å². The molecule has 0 bridgehead atoms. The van der Waals surface area contributed by atoms with Crippen LogP contribution in [0.1, 0.15) is 36.1 Å². The third-order valence-corrected chi connectivity index (χ3v) is 4.49. The van der Waals surface area contributed by atoms with Crippen molar-refractivity contribution in [2.45, 2.75) is 46.6 Å². The molecule has 0 aliphatic rings. The van der Waals surface area contributed by atoms with Crippen LogP contribution in [0.25, 0.3) is 5.65 Å². The molecule has 3 heterocycles. The topological polar surface area (TPSA) is 77.1 Å². The van der Waals surface area contributed by atoms with E-state index in [1.165, 1.54) is 5.56 Å². The van der Waals surface area contributed by atoms with E-state index < -0.39 is 0 Å². The molecule has 1 amide bonds. The summed E-state index contributed by atoms with van der Waals surface area (Å²) < 4.78 is 3.93. The van der Waals surface area contributed by atoms with Crippen molar-refractivity contribution in [1.82, 2.24) is 29.7 Å². The number of fused-ring (bicyclic) bond motifs is 1. The number of amides is 1. The lowest BCUT2D eigenvalue weighted by Gasteiger charge is -2.06. The van der Waals surface area contributed by atoms with E-state index in [2.05, 4.69) is 34.5 Å². The lowest BCUT2D eigenvalue weighted by atomic mass is 10.1. The molecule has 0 spiro atoms. The fourth-order valence-corrected chi connectivity index (χ4v) is 3.11. The first-order valence-electron chi connectivity index (χ1n) is 8.68. The maximum absolute atomic E-state index is 12.1. The van der Waals surface area contributed by atoms with Gasteiger partial charge in [-0.05, 0) is 44.9 Å². The lowest BCUT2D eigenvalue weighted by Crippen LogP contribution is -2.26. The fourth-order valence-electron chi connectivity index (χ4n) is 3.11. The third kappa shape index (κ3) is 3.70. The minimum absolute atomic E-state index is 0.0527. The van der Waals surface area contributed by atoms with Crippen LogP contribution in [0.15, 0.2) is 24.4 Å². The SMILES string of the molecule is CCn1nc(C)c(CCC(=O)NCCc2nnc3ccccn23)c1C. The molecule has 3 rings (SSSR count). The highest BCUT2D eigenvalue weighted by atomic mass is 16.1. The van der Waals surface area contributed by atoms with Gasteiger partial charge in [0.15, 0.2) is 5.65 Å². The molecule has 3 aromatic heterocycles. The second-order valence-corrected chi connectivity index (χ2v) is 6.11. The van der Waals surface area contributed by atoms with Crippen LogP contribution < -0.4 is 5.32 Å². The van der Waals surface area contributed by atoms with Gasteiger partial charge >= 0.3 is 0 Å². The number of aromatic nitrogens is 5. The molecule has 0 aliphatic heterocycles. The highest BCUT2D eigenvalue weighted by Crippen LogP contribution is 2.15.